The Hall–Kier alpha value is -0.860. The van der Waals surface area contributed by atoms with Crippen LogP contribution in [0.2, 0.25) is 0 Å². The van der Waals surface area contributed by atoms with Gasteiger partial charge in [0, 0.05) is 25.7 Å². The van der Waals surface area contributed by atoms with Gasteiger partial charge in [-0.05, 0) is 42.4 Å². The number of fused-ring (bicyclic) bond motifs is 1. The highest BCUT2D eigenvalue weighted by atomic mass is 15.0. The van der Waals surface area contributed by atoms with E-state index < -0.39 is 0 Å². The molecule has 0 radical (unpaired) electrons. The number of nitrogens with one attached hydrogen (secondary N) is 2. The first kappa shape index (κ1) is 13.6. The van der Waals surface area contributed by atoms with E-state index in [1.165, 1.54) is 31.2 Å². The maximum absolute atomic E-state index is 3.50. The Kier molecular flexibility index (Phi) is 5.21. The lowest BCUT2D eigenvalue weighted by Crippen LogP contribution is -2.31. The van der Waals surface area contributed by atoms with E-state index in [0.717, 1.165) is 19.6 Å². The van der Waals surface area contributed by atoms with Crippen molar-refractivity contribution in [2.24, 2.45) is 0 Å². The van der Waals surface area contributed by atoms with E-state index in [2.05, 4.69) is 42.7 Å². The van der Waals surface area contributed by atoms with E-state index in [9.17, 15) is 0 Å². The van der Waals surface area contributed by atoms with E-state index >= 15 is 0 Å². The zero-order valence-electron chi connectivity index (χ0n) is 11.8. The van der Waals surface area contributed by atoms with Gasteiger partial charge in [-0.1, -0.05) is 32.0 Å². The summed E-state index contributed by atoms with van der Waals surface area (Å²) in [5.74, 6) is 0. The highest BCUT2D eigenvalue weighted by Crippen LogP contribution is 2.22. The lowest BCUT2D eigenvalue weighted by atomic mass is 9.90. The molecule has 2 N–H and O–H groups in total. The zero-order chi connectivity index (χ0) is 12.8. The predicted molar refractivity (Wildman–Crippen MR) is 77.9 cm³/mol. The zero-order valence-corrected chi connectivity index (χ0v) is 11.8. The minimum atomic E-state index is 0.579. The van der Waals surface area contributed by atoms with Gasteiger partial charge >= 0.3 is 0 Å². The first-order valence-corrected chi connectivity index (χ1v) is 7.30. The van der Waals surface area contributed by atoms with Gasteiger partial charge < -0.3 is 10.6 Å². The van der Waals surface area contributed by atoms with Gasteiger partial charge in [-0.25, -0.2) is 0 Å². The monoisotopic (exact) mass is 246 g/mol. The van der Waals surface area contributed by atoms with Gasteiger partial charge in [0.25, 0.3) is 0 Å². The van der Waals surface area contributed by atoms with Crippen LogP contribution in [0.25, 0.3) is 0 Å². The fraction of sp³-hybridized carbons (Fsp3) is 0.625. The van der Waals surface area contributed by atoms with Crippen LogP contribution in [0, 0.1) is 0 Å². The third-order valence-corrected chi connectivity index (χ3v) is 3.60. The summed E-state index contributed by atoms with van der Waals surface area (Å²) in [7, 11) is 0. The molecule has 2 nitrogen and oxygen atoms in total. The third kappa shape index (κ3) is 4.11. The summed E-state index contributed by atoms with van der Waals surface area (Å²) < 4.78 is 0. The molecule has 0 spiro atoms. The van der Waals surface area contributed by atoms with Crippen LogP contribution in [0.1, 0.15) is 43.4 Å². The highest BCUT2D eigenvalue weighted by molar-refractivity contribution is 5.33. The van der Waals surface area contributed by atoms with Gasteiger partial charge in [-0.3, -0.25) is 0 Å². The highest BCUT2D eigenvalue weighted by Gasteiger charge is 2.08. The van der Waals surface area contributed by atoms with Crippen molar-refractivity contribution < 1.29 is 0 Å². The van der Waals surface area contributed by atoms with Crippen molar-refractivity contribution in [3.05, 3.63) is 34.9 Å². The molecule has 1 aliphatic carbocycles. The Labute approximate surface area is 111 Å². The van der Waals surface area contributed by atoms with Gasteiger partial charge in [0.15, 0.2) is 0 Å². The quantitative estimate of drug-likeness (QED) is 0.754. The van der Waals surface area contributed by atoms with Crippen LogP contribution in [0.5, 0.6) is 0 Å². The molecule has 2 heteroatoms. The number of aryl methyl sites for hydroxylation is 2. The lowest BCUT2D eigenvalue weighted by molar-refractivity contribution is 0.555. The second kappa shape index (κ2) is 6.91. The Morgan fingerprint density at radius 2 is 1.83 bits per heavy atom. The van der Waals surface area contributed by atoms with Crippen molar-refractivity contribution in [3.63, 3.8) is 0 Å². The van der Waals surface area contributed by atoms with E-state index in [4.69, 9.17) is 0 Å². The van der Waals surface area contributed by atoms with Crippen molar-refractivity contribution >= 4 is 0 Å². The van der Waals surface area contributed by atoms with E-state index in [1.807, 2.05) is 0 Å². The van der Waals surface area contributed by atoms with Crippen LogP contribution in [-0.4, -0.2) is 19.1 Å². The molecule has 0 atom stereocenters. The summed E-state index contributed by atoms with van der Waals surface area (Å²) in [4.78, 5) is 0. The summed E-state index contributed by atoms with van der Waals surface area (Å²) >= 11 is 0. The van der Waals surface area contributed by atoms with Gasteiger partial charge in [-0.15, -0.1) is 0 Å². The van der Waals surface area contributed by atoms with Crippen LogP contribution >= 0.6 is 0 Å². The molecular formula is C16H26N2. The standard InChI is InChI=1S/C16H26N2/c1-13(2)18-10-9-17-12-14-7-8-15-5-3-4-6-16(15)11-14/h7-8,11,13,17-18H,3-6,9-10,12H2,1-2H3. The molecule has 18 heavy (non-hydrogen) atoms. The molecule has 100 valence electrons. The molecule has 1 aromatic rings. The summed E-state index contributed by atoms with van der Waals surface area (Å²) in [6, 6.07) is 7.60. The molecular weight excluding hydrogens is 220 g/mol. The van der Waals surface area contributed by atoms with Crippen molar-refractivity contribution in [3.8, 4) is 0 Å². The Balaban J connectivity index is 1.76. The maximum Gasteiger partial charge on any atom is 0.0206 e. The van der Waals surface area contributed by atoms with Crippen molar-refractivity contribution in [1.82, 2.24) is 10.6 Å². The second-order valence-corrected chi connectivity index (χ2v) is 5.60. The van der Waals surface area contributed by atoms with Crippen molar-refractivity contribution in [1.29, 1.82) is 0 Å². The minimum absolute atomic E-state index is 0.579. The first-order valence-electron chi connectivity index (χ1n) is 7.30. The molecule has 0 saturated heterocycles. The molecule has 0 fully saturated rings. The lowest BCUT2D eigenvalue weighted by Gasteiger charge is -2.17. The fourth-order valence-corrected chi connectivity index (χ4v) is 2.58. The molecule has 1 aromatic carbocycles. The summed E-state index contributed by atoms with van der Waals surface area (Å²) in [6.07, 6.45) is 5.28. The topological polar surface area (TPSA) is 24.1 Å². The summed E-state index contributed by atoms with van der Waals surface area (Å²) in [5, 5.41) is 6.92. The van der Waals surface area contributed by atoms with Crippen molar-refractivity contribution in [2.75, 3.05) is 13.1 Å². The van der Waals surface area contributed by atoms with Gasteiger partial charge in [0.05, 0.1) is 0 Å². The van der Waals surface area contributed by atoms with Gasteiger partial charge in [0.1, 0.15) is 0 Å². The molecule has 0 bridgehead atoms. The van der Waals surface area contributed by atoms with Crippen LogP contribution in [0.15, 0.2) is 18.2 Å². The number of hydrogen-bond acceptors (Lipinski definition) is 2. The van der Waals surface area contributed by atoms with E-state index in [1.54, 1.807) is 11.1 Å². The van der Waals surface area contributed by atoms with Crippen LogP contribution < -0.4 is 10.6 Å². The second-order valence-electron chi connectivity index (χ2n) is 5.60. The summed E-state index contributed by atoms with van der Waals surface area (Å²) in [5.41, 5.74) is 4.59. The van der Waals surface area contributed by atoms with Crippen LogP contribution in [0.4, 0.5) is 0 Å². The smallest absolute Gasteiger partial charge is 0.0206 e. The van der Waals surface area contributed by atoms with Crippen LogP contribution in [-0.2, 0) is 19.4 Å². The largest absolute Gasteiger partial charge is 0.313 e. The number of hydrogen-bond donors (Lipinski definition) is 2. The fourth-order valence-electron chi connectivity index (χ4n) is 2.58. The van der Waals surface area contributed by atoms with Gasteiger partial charge in [0.2, 0.25) is 0 Å². The number of benzene rings is 1. The van der Waals surface area contributed by atoms with E-state index in [0.29, 0.717) is 6.04 Å². The van der Waals surface area contributed by atoms with E-state index in [-0.39, 0.29) is 0 Å². The third-order valence-electron chi connectivity index (χ3n) is 3.60. The normalized spacial score (nSPS) is 14.8. The average Bonchev–Trinajstić information content (AvgIpc) is 2.38. The molecule has 1 aliphatic rings. The summed E-state index contributed by atoms with van der Waals surface area (Å²) in [6.45, 7) is 7.44. The molecule has 0 unspecified atom stereocenters. The Morgan fingerprint density at radius 1 is 1.06 bits per heavy atom. The Morgan fingerprint density at radius 3 is 2.61 bits per heavy atom. The van der Waals surface area contributed by atoms with Crippen LogP contribution in [0.3, 0.4) is 0 Å². The van der Waals surface area contributed by atoms with Gasteiger partial charge in [-0.2, -0.15) is 0 Å². The molecule has 0 amide bonds. The SMILES string of the molecule is CC(C)NCCNCc1ccc2c(c1)CCCC2. The molecule has 0 aliphatic heterocycles. The van der Waals surface area contributed by atoms with Crippen molar-refractivity contribution in [2.45, 2.75) is 52.1 Å². The Bertz CT molecular complexity index is 371. The predicted octanol–water partition coefficient (Wildman–Crippen LogP) is 2.65. The minimum Gasteiger partial charge on any atom is -0.313 e. The molecule has 2 rings (SSSR count). The number of rotatable bonds is 6. The average molecular weight is 246 g/mol. The first-order chi connectivity index (χ1) is 8.75. The molecule has 0 heterocycles. The maximum atomic E-state index is 3.50. The molecule has 0 saturated carbocycles. The molecule has 0 aromatic heterocycles.